The molecule has 0 aliphatic heterocycles. The van der Waals surface area contributed by atoms with E-state index in [1.165, 1.54) is 11.3 Å². The highest BCUT2D eigenvalue weighted by atomic mass is 15.1. The number of benzene rings is 1. The van der Waals surface area contributed by atoms with E-state index in [0.29, 0.717) is 0 Å². The molecule has 0 saturated heterocycles. The highest BCUT2D eigenvalue weighted by Gasteiger charge is 2.15. The molecule has 1 unspecified atom stereocenters. The fourth-order valence-corrected chi connectivity index (χ4v) is 2.12. The average molecular weight is 270 g/mol. The Labute approximate surface area is 120 Å². The second kappa shape index (κ2) is 7.01. The van der Waals surface area contributed by atoms with E-state index < -0.39 is 0 Å². The lowest BCUT2D eigenvalue weighted by Gasteiger charge is -2.20. The van der Waals surface area contributed by atoms with E-state index in [0.717, 1.165) is 18.7 Å². The summed E-state index contributed by atoms with van der Waals surface area (Å²) in [5.74, 6) is 0. The number of aromatic nitrogens is 2. The molecule has 4 heteroatoms. The quantitative estimate of drug-likeness (QED) is 0.876. The van der Waals surface area contributed by atoms with Gasteiger partial charge in [-0.1, -0.05) is 19.1 Å². The van der Waals surface area contributed by atoms with Gasteiger partial charge in [0, 0.05) is 32.2 Å². The van der Waals surface area contributed by atoms with Crippen LogP contribution in [0, 0.1) is 0 Å². The molecule has 0 aliphatic rings. The van der Waals surface area contributed by atoms with Crippen molar-refractivity contribution < 1.29 is 0 Å². The van der Waals surface area contributed by atoms with Gasteiger partial charge < -0.3 is 10.2 Å². The second-order valence-corrected chi connectivity index (χ2v) is 5.01. The molecule has 2 aromatic rings. The molecule has 0 fully saturated rings. The van der Waals surface area contributed by atoms with Crippen LogP contribution in [0.3, 0.4) is 0 Å². The molecule has 1 atom stereocenters. The van der Waals surface area contributed by atoms with E-state index in [4.69, 9.17) is 0 Å². The van der Waals surface area contributed by atoms with E-state index >= 15 is 0 Å². The minimum absolute atomic E-state index is 0.0866. The van der Waals surface area contributed by atoms with Crippen LogP contribution in [0.25, 0.3) is 0 Å². The van der Waals surface area contributed by atoms with Crippen LogP contribution >= 0.6 is 0 Å². The Balaban J connectivity index is 2.33. The van der Waals surface area contributed by atoms with E-state index in [2.05, 4.69) is 65.5 Å². The summed E-state index contributed by atoms with van der Waals surface area (Å²) >= 11 is 0. The Hall–Kier alpha value is -1.94. The van der Waals surface area contributed by atoms with Crippen molar-refractivity contribution in [1.29, 1.82) is 0 Å². The maximum Gasteiger partial charge on any atom is 0.0801 e. The third kappa shape index (κ3) is 3.54. The van der Waals surface area contributed by atoms with Gasteiger partial charge in [-0.25, -0.2) is 0 Å². The van der Waals surface area contributed by atoms with Crippen molar-refractivity contribution >= 4 is 5.69 Å². The van der Waals surface area contributed by atoms with Crippen LogP contribution in [-0.2, 0) is 0 Å². The van der Waals surface area contributed by atoms with Crippen molar-refractivity contribution in [1.82, 2.24) is 15.3 Å². The molecule has 0 saturated carbocycles. The summed E-state index contributed by atoms with van der Waals surface area (Å²) in [7, 11) is 4.10. The maximum atomic E-state index is 4.44. The first-order valence-electron chi connectivity index (χ1n) is 6.99. The molecule has 1 aromatic heterocycles. The average Bonchev–Trinajstić information content (AvgIpc) is 2.49. The molecule has 0 bridgehead atoms. The van der Waals surface area contributed by atoms with Crippen molar-refractivity contribution in [3.63, 3.8) is 0 Å². The van der Waals surface area contributed by atoms with Gasteiger partial charge in [0.15, 0.2) is 0 Å². The summed E-state index contributed by atoms with van der Waals surface area (Å²) in [4.78, 5) is 10.7. The zero-order valence-electron chi connectivity index (χ0n) is 12.4. The Morgan fingerprint density at radius 1 is 1.25 bits per heavy atom. The first-order valence-corrected chi connectivity index (χ1v) is 6.99. The summed E-state index contributed by atoms with van der Waals surface area (Å²) in [6.45, 7) is 3.12. The predicted molar refractivity (Wildman–Crippen MR) is 82.9 cm³/mol. The molecule has 20 heavy (non-hydrogen) atoms. The highest BCUT2D eigenvalue weighted by molar-refractivity contribution is 5.48. The lowest BCUT2D eigenvalue weighted by molar-refractivity contribution is 0.584. The van der Waals surface area contributed by atoms with E-state index in [9.17, 15) is 0 Å². The third-order valence-corrected chi connectivity index (χ3v) is 3.20. The number of hydrogen-bond donors (Lipinski definition) is 1. The lowest BCUT2D eigenvalue weighted by Crippen LogP contribution is -2.24. The van der Waals surface area contributed by atoms with Crippen molar-refractivity contribution in [2.45, 2.75) is 19.4 Å². The van der Waals surface area contributed by atoms with Gasteiger partial charge in [0.25, 0.3) is 0 Å². The van der Waals surface area contributed by atoms with Crippen molar-refractivity contribution in [2.75, 3.05) is 25.5 Å². The molecule has 4 nitrogen and oxygen atoms in total. The molecule has 1 aromatic carbocycles. The van der Waals surface area contributed by atoms with Crippen LogP contribution in [0.1, 0.15) is 30.6 Å². The summed E-state index contributed by atoms with van der Waals surface area (Å²) in [5.41, 5.74) is 3.36. The number of nitrogens with one attached hydrogen (secondary N) is 1. The van der Waals surface area contributed by atoms with Gasteiger partial charge in [-0.15, -0.1) is 0 Å². The highest BCUT2D eigenvalue weighted by Crippen LogP contribution is 2.23. The van der Waals surface area contributed by atoms with Crippen LogP contribution < -0.4 is 10.2 Å². The van der Waals surface area contributed by atoms with Crippen LogP contribution in [0.2, 0.25) is 0 Å². The van der Waals surface area contributed by atoms with Crippen molar-refractivity contribution in [3.05, 3.63) is 54.1 Å². The summed E-state index contributed by atoms with van der Waals surface area (Å²) in [6.07, 6.45) is 6.36. The van der Waals surface area contributed by atoms with Crippen LogP contribution in [0.5, 0.6) is 0 Å². The van der Waals surface area contributed by atoms with E-state index in [1.807, 2.05) is 6.20 Å². The van der Waals surface area contributed by atoms with Gasteiger partial charge in [0.05, 0.1) is 17.9 Å². The molecular formula is C16H22N4. The SMILES string of the molecule is CCCNC(c1cccc(N(C)C)c1)c1cnccn1. The second-order valence-electron chi connectivity index (χ2n) is 5.01. The molecule has 0 amide bonds. The Morgan fingerprint density at radius 2 is 2.10 bits per heavy atom. The topological polar surface area (TPSA) is 41.0 Å². The molecular weight excluding hydrogens is 248 g/mol. The van der Waals surface area contributed by atoms with Crippen LogP contribution in [0.4, 0.5) is 5.69 Å². The van der Waals surface area contributed by atoms with Gasteiger partial charge in [-0.05, 0) is 30.7 Å². The molecule has 1 N–H and O–H groups in total. The molecule has 0 spiro atoms. The summed E-state index contributed by atoms with van der Waals surface area (Å²) in [6, 6.07) is 8.61. The maximum absolute atomic E-state index is 4.44. The number of nitrogens with zero attached hydrogens (tertiary/aromatic N) is 3. The smallest absolute Gasteiger partial charge is 0.0801 e. The van der Waals surface area contributed by atoms with Gasteiger partial charge >= 0.3 is 0 Å². The molecule has 0 radical (unpaired) electrons. The van der Waals surface area contributed by atoms with Gasteiger partial charge in [-0.3, -0.25) is 9.97 Å². The van der Waals surface area contributed by atoms with Gasteiger partial charge in [0.2, 0.25) is 0 Å². The standard InChI is InChI=1S/C16H22N4/c1-4-8-19-16(15-12-17-9-10-18-15)13-6-5-7-14(11-13)20(2)3/h5-7,9-12,16,19H,4,8H2,1-3H3. The minimum atomic E-state index is 0.0866. The van der Waals surface area contributed by atoms with E-state index in [-0.39, 0.29) is 6.04 Å². The molecule has 1 heterocycles. The third-order valence-electron chi connectivity index (χ3n) is 3.20. The number of hydrogen-bond acceptors (Lipinski definition) is 4. The molecule has 0 aliphatic carbocycles. The van der Waals surface area contributed by atoms with Gasteiger partial charge in [-0.2, -0.15) is 0 Å². The summed E-state index contributed by atoms with van der Waals surface area (Å²) in [5, 5.41) is 3.55. The van der Waals surface area contributed by atoms with Crippen LogP contribution in [-0.4, -0.2) is 30.6 Å². The minimum Gasteiger partial charge on any atom is -0.378 e. The Bertz CT molecular complexity index is 525. The largest absolute Gasteiger partial charge is 0.378 e. The lowest BCUT2D eigenvalue weighted by atomic mass is 10.0. The van der Waals surface area contributed by atoms with Gasteiger partial charge in [0.1, 0.15) is 0 Å². The first-order chi connectivity index (χ1) is 9.72. The molecule has 2 rings (SSSR count). The van der Waals surface area contributed by atoms with Crippen molar-refractivity contribution in [3.8, 4) is 0 Å². The zero-order valence-corrected chi connectivity index (χ0v) is 12.4. The number of rotatable bonds is 6. The van der Waals surface area contributed by atoms with E-state index in [1.54, 1.807) is 12.4 Å². The fourth-order valence-electron chi connectivity index (χ4n) is 2.12. The fraction of sp³-hybridized carbons (Fsp3) is 0.375. The predicted octanol–water partition coefficient (Wildman–Crippen LogP) is 2.63. The number of anilines is 1. The first kappa shape index (κ1) is 14.5. The van der Waals surface area contributed by atoms with Crippen molar-refractivity contribution in [2.24, 2.45) is 0 Å². The molecule has 106 valence electrons. The Kier molecular flexibility index (Phi) is 5.07. The monoisotopic (exact) mass is 270 g/mol. The Morgan fingerprint density at radius 3 is 2.75 bits per heavy atom. The normalized spacial score (nSPS) is 12.2. The zero-order chi connectivity index (χ0) is 14.4. The van der Waals surface area contributed by atoms with Crippen LogP contribution in [0.15, 0.2) is 42.9 Å². The summed E-state index contributed by atoms with van der Waals surface area (Å²) < 4.78 is 0.